The average Bonchev–Trinajstić information content (AvgIpc) is 2.57. The van der Waals surface area contributed by atoms with Crippen LogP contribution in [0.1, 0.15) is 24.0 Å². The molecule has 22 heavy (non-hydrogen) atoms. The zero-order valence-corrected chi connectivity index (χ0v) is 13.7. The molecule has 0 amide bonds. The highest BCUT2D eigenvalue weighted by atomic mass is 16.3. The number of hydrogen-bond acceptors (Lipinski definition) is 4. The molecule has 2 N–H and O–H groups in total. The van der Waals surface area contributed by atoms with Gasteiger partial charge < -0.3 is 15.3 Å². The molecule has 0 atom stereocenters. The zero-order chi connectivity index (χ0) is 15.4. The fraction of sp³-hybridized carbons (Fsp3) is 0.667. The summed E-state index contributed by atoms with van der Waals surface area (Å²) in [6, 6.07) is 9.05. The predicted molar refractivity (Wildman–Crippen MR) is 90.1 cm³/mol. The van der Waals surface area contributed by atoms with Crippen molar-refractivity contribution in [2.75, 3.05) is 52.9 Å². The molecule has 1 aromatic rings. The number of benzene rings is 1. The molecule has 0 aromatic heterocycles. The molecule has 1 aromatic carbocycles. The molecule has 1 saturated heterocycles. The van der Waals surface area contributed by atoms with Gasteiger partial charge in [0.05, 0.1) is 6.61 Å². The second-order valence-electron chi connectivity index (χ2n) is 6.68. The lowest BCUT2D eigenvalue weighted by Gasteiger charge is -2.51. The highest BCUT2D eigenvalue weighted by Gasteiger charge is 2.42. The molecule has 2 heterocycles. The van der Waals surface area contributed by atoms with Crippen molar-refractivity contribution in [3.8, 4) is 0 Å². The van der Waals surface area contributed by atoms with Crippen LogP contribution in [0.15, 0.2) is 24.3 Å². The summed E-state index contributed by atoms with van der Waals surface area (Å²) in [7, 11) is 2.30. The van der Waals surface area contributed by atoms with Gasteiger partial charge in [0.25, 0.3) is 0 Å². The summed E-state index contributed by atoms with van der Waals surface area (Å²) in [6.45, 7) is 6.49. The first-order valence-corrected chi connectivity index (χ1v) is 8.60. The summed E-state index contributed by atoms with van der Waals surface area (Å²) in [5, 5.41) is 12.1. The Kier molecular flexibility index (Phi) is 5.14. The lowest BCUT2D eigenvalue weighted by atomic mass is 9.74. The second-order valence-corrected chi connectivity index (χ2v) is 6.68. The van der Waals surface area contributed by atoms with Crippen molar-refractivity contribution in [2.45, 2.75) is 24.8 Å². The van der Waals surface area contributed by atoms with Crippen molar-refractivity contribution < 1.29 is 5.11 Å². The molecule has 0 unspecified atom stereocenters. The zero-order valence-electron chi connectivity index (χ0n) is 13.7. The Hall–Kier alpha value is -0.940. The van der Waals surface area contributed by atoms with E-state index < -0.39 is 0 Å². The van der Waals surface area contributed by atoms with Crippen molar-refractivity contribution in [3.63, 3.8) is 0 Å². The van der Waals surface area contributed by atoms with Crippen LogP contribution in [-0.2, 0) is 12.0 Å². The van der Waals surface area contributed by atoms with Gasteiger partial charge in [0.2, 0.25) is 0 Å². The molecule has 0 radical (unpaired) electrons. The molecule has 3 rings (SSSR count). The van der Waals surface area contributed by atoms with Gasteiger partial charge in [-0.1, -0.05) is 24.3 Å². The van der Waals surface area contributed by atoms with E-state index in [0.29, 0.717) is 6.54 Å². The molecule has 0 bridgehead atoms. The predicted octanol–water partition coefficient (Wildman–Crippen LogP) is 1.05. The summed E-state index contributed by atoms with van der Waals surface area (Å²) in [4.78, 5) is 5.15. The number of likely N-dealkylation sites (N-methyl/N-ethyl adjacent to an activating group) is 1. The Morgan fingerprint density at radius 3 is 2.68 bits per heavy atom. The quantitative estimate of drug-likeness (QED) is 0.798. The maximum atomic E-state index is 8.81. The van der Waals surface area contributed by atoms with Gasteiger partial charge in [0, 0.05) is 44.8 Å². The van der Waals surface area contributed by atoms with Crippen molar-refractivity contribution in [1.29, 1.82) is 0 Å². The van der Waals surface area contributed by atoms with Gasteiger partial charge in [-0.2, -0.15) is 0 Å². The van der Waals surface area contributed by atoms with Crippen LogP contribution in [0.25, 0.3) is 0 Å². The van der Waals surface area contributed by atoms with Crippen LogP contribution in [-0.4, -0.2) is 67.8 Å². The minimum Gasteiger partial charge on any atom is -0.395 e. The molecule has 2 aliphatic rings. The molecule has 122 valence electrons. The number of aliphatic hydroxyl groups excluding tert-OH is 1. The van der Waals surface area contributed by atoms with Gasteiger partial charge >= 0.3 is 0 Å². The fourth-order valence-corrected chi connectivity index (χ4v) is 4.14. The van der Waals surface area contributed by atoms with Crippen molar-refractivity contribution in [3.05, 3.63) is 35.4 Å². The number of fused-ring (bicyclic) bond motifs is 2. The molecule has 0 saturated carbocycles. The van der Waals surface area contributed by atoms with E-state index in [9.17, 15) is 0 Å². The molecular weight excluding hydrogens is 274 g/mol. The van der Waals surface area contributed by atoms with Crippen molar-refractivity contribution in [1.82, 2.24) is 15.1 Å². The van der Waals surface area contributed by atoms with E-state index in [1.807, 2.05) is 0 Å². The minimum absolute atomic E-state index is 0.227. The van der Waals surface area contributed by atoms with Crippen LogP contribution in [0.4, 0.5) is 0 Å². The number of aliphatic hydroxyl groups is 1. The summed E-state index contributed by atoms with van der Waals surface area (Å²) >= 11 is 0. The number of hydrogen-bond donors (Lipinski definition) is 2. The molecule has 4 nitrogen and oxygen atoms in total. The first-order chi connectivity index (χ1) is 10.8. The van der Waals surface area contributed by atoms with Gasteiger partial charge in [-0.05, 0) is 37.4 Å². The Balaban J connectivity index is 1.64. The van der Waals surface area contributed by atoms with Crippen molar-refractivity contribution >= 4 is 0 Å². The average molecular weight is 303 g/mol. The summed E-state index contributed by atoms with van der Waals surface area (Å²) < 4.78 is 0. The molecular formula is C18H29N3O. The van der Waals surface area contributed by atoms with Crippen LogP contribution < -0.4 is 5.32 Å². The standard InChI is InChI=1S/C18H29N3O/c1-20-11-6-16-4-2-3-5-17(16)18(20)7-12-21(13-8-18)14-9-19-10-15-22/h2-5,19,22H,6-15H2,1H3. The first-order valence-electron chi connectivity index (χ1n) is 8.60. The van der Waals surface area contributed by atoms with E-state index in [2.05, 4.69) is 46.4 Å². The Morgan fingerprint density at radius 1 is 1.14 bits per heavy atom. The third-order valence-corrected chi connectivity index (χ3v) is 5.54. The fourth-order valence-electron chi connectivity index (χ4n) is 4.14. The maximum absolute atomic E-state index is 8.81. The lowest BCUT2D eigenvalue weighted by Crippen LogP contribution is -2.55. The minimum atomic E-state index is 0.227. The molecule has 0 aliphatic carbocycles. The van der Waals surface area contributed by atoms with Crippen LogP contribution in [0.5, 0.6) is 0 Å². The summed E-state index contributed by atoms with van der Waals surface area (Å²) in [5.41, 5.74) is 3.38. The van der Waals surface area contributed by atoms with Gasteiger partial charge in [-0.15, -0.1) is 0 Å². The maximum Gasteiger partial charge on any atom is 0.0555 e. The van der Waals surface area contributed by atoms with Gasteiger partial charge in [0.15, 0.2) is 0 Å². The van der Waals surface area contributed by atoms with Gasteiger partial charge in [-0.3, -0.25) is 4.90 Å². The lowest BCUT2D eigenvalue weighted by molar-refractivity contribution is 0.0283. The van der Waals surface area contributed by atoms with E-state index in [1.54, 1.807) is 11.1 Å². The van der Waals surface area contributed by atoms with E-state index in [-0.39, 0.29) is 12.1 Å². The number of likely N-dealkylation sites (tertiary alicyclic amines) is 1. The third-order valence-electron chi connectivity index (χ3n) is 5.54. The number of nitrogens with one attached hydrogen (secondary N) is 1. The number of nitrogens with zero attached hydrogens (tertiary/aromatic N) is 2. The highest BCUT2D eigenvalue weighted by molar-refractivity contribution is 5.37. The van der Waals surface area contributed by atoms with Crippen LogP contribution >= 0.6 is 0 Å². The van der Waals surface area contributed by atoms with E-state index in [0.717, 1.165) is 13.1 Å². The monoisotopic (exact) mass is 303 g/mol. The summed E-state index contributed by atoms with van der Waals surface area (Å²) in [5.74, 6) is 0. The van der Waals surface area contributed by atoms with E-state index in [1.165, 1.54) is 38.9 Å². The highest BCUT2D eigenvalue weighted by Crippen LogP contribution is 2.42. The summed E-state index contributed by atoms with van der Waals surface area (Å²) in [6.07, 6.45) is 3.63. The Morgan fingerprint density at radius 2 is 1.91 bits per heavy atom. The van der Waals surface area contributed by atoms with E-state index in [4.69, 9.17) is 5.11 Å². The molecule has 1 fully saturated rings. The number of rotatable bonds is 5. The van der Waals surface area contributed by atoms with Crippen LogP contribution in [0, 0.1) is 0 Å². The smallest absolute Gasteiger partial charge is 0.0555 e. The normalized spacial score (nSPS) is 21.9. The van der Waals surface area contributed by atoms with Gasteiger partial charge in [0.1, 0.15) is 0 Å². The largest absolute Gasteiger partial charge is 0.395 e. The third kappa shape index (κ3) is 3.06. The Labute approximate surface area is 134 Å². The van der Waals surface area contributed by atoms with Crippen LogP contribution in [0.2, 0.25) is 0 Å². The van der Waals surface area contributed by atoms with Crippen LogP contribution in [0.3, 0.4) is 0 Å². The Bertz CT molecular complexity index is 483. The number of piperidine rings is 1. The second kappa shape index (κ2) is 7.09. The molecule has 2 aliphatic heterocycles. The van der Waals surface area contributed by atoms with E-state index >= 15 is 0 Å². The molecule has 1 spiro atoms. The van der Waals surface area contributed by atoms with Gasteiger partial charge in [-0.25, -0.2) is 0 Å². The topological polar surface area (TPSA) is 38.7 Å². The SMILES string of the molecule is CN1CCc2ccccc2C12CCN(CCNCCO)CC2. The van der Waals surface area contributed by atoms with Crippen molar-refractivity contribution in [2.24, 2.45) is 0 Å². The molecule has 4 heteroatoms. The first kappa shape index (κ1) is 15.9.